The number of hydrogen-bond donors (Lipinski definition) is 0. The number of ether oxygens (including phenoxy) is 1. The highest BCUT2D eigenvalue weighted by Gasteiger charge is 1.72. The molecule has 0 saturated carbocycles. The summed E-state index contributed by atoms with van der Waals surface area (Å²) < 4.78 is 4.95. The maximum Gasteiger partial charge on any atom is 0.0725 e. The van der Waals surface area contributed by atoms with Crippen molar-refractivity contribution in [1.82, 2.24) is 0 Å². The molecule has 0 bridgehead atoms. The summed E-state index contributed by atoms with van der Waals surface area (Å²) in [4.78, 5) is 0. The first kappa shape index (κ1) is 7.22. The molecule has 0 fully saturated rings. The highest BCUT2D eigenvalue weighted by molar-refractivity contribution is 4.75. The highest BCUT2D eigenvalue weighted by Crippen LogP contribution is 1.73. The third kappa shape index (κ3) is 5.22. The Morgan fingerprint density at radius 2 is 2.25 bits per heavy atom. The largest absolute Gasteiger partial charge is 0.373 e. The van der Waals surface area contributed by atoms with Crippen LogP contribution in [0.2, 0.25) is 0 Å². The molecule has 0 radical (unpaired) electrons. The average molecular weight is 110 g/mol. The Morgan fingerprint density at radius 3 is 2.75 bits per heavy atom. The lowest BCUT2D eigenvalue weighted by Crippen LogP contribution is -1.87. The van der Waals surface area contributed by atoms with Gasteiger partial charge in [-0.25, -0.2) is 0 Å². The summed E-state index contributed by atoms with van der Waals surface area (Å²) in [5.74, 6) is 0. The van der Waals surface area contributed by atoms with Gasteiger partial charge in [-0.3, -0.25) is 0 Å². The SMILES string of the molecule is C=C=CCOCC=C. The van der Waals surface area contributed by atoms with Crippen LogP contribution in [0.1, 0.15) is 0 Å². The third-order valence-corrected chi connectivity index (χ3v) is 0.581. The van der Waals surface area contributed by atoms with Crippen LogP contribution in [0.25, 0.3) is 0 Å². The van der Waals surface area contributed by atoms with Crippen LogP contribution in [-0.2, 0) is 4.74 Å². The van der Waals surface area contributed by atoms with Crippen molar-refractivity contribution in [3.63, 3.8) is 0 Å². The van der Waals surface area contributed by atoms with Crippen LogP contribution in [0.4, 0.5) is 0 Å². The van der Waals surface area contributed by atoms with E-state index in [0.29, 0.717) is 13.2 Å². The standard InChI is InChI=1S/C7H10O/c1-3-5-7-8-6-4-2/h4-5H,1-2,6-7H2. The van der Waals surface area contributed by atoms with E-state index in [9.17, 15) is 0 Å². The molecule has 8 heavy (non-hydrogen) atoms. The zero-order valence-electron chi connectivity index (χ0n) is 4.89. The first-order valence-electron chi connectivity index (χ1n) is 2.44. The average Bonchev–Trinajstić information content (AvgIpc) is 1.81. The molecule has 1 nitrogen and oxygen atoms in total. The van der Waals surface area contributed by atoms with Gasteiger partial charge >= 0.3 is 0 Å². The van der Waals surface area contributed by atoms with Crippen molar-refractivity contribution in [2.45, 2.75) is 0 Å². The summed E-state index contributed by atoms with van der Waals surface area (Å²) in [6.45, 7) is 8.03. The van der Waals surface area contributed by atoms with Crippen LogP contribution in [0, 0.1) is 0 Å². The van der Waals surface area contributed by atoms with E-state index in [1.54, 1.807) is 12.2 Å². The molecule has 1 heteroatoms. The molecule has 0 aliphatic rings. The minimum atomic E-state index is 0.579. The van der Waals surface area contributed by atoms with Gasteiger partial charge in [0.05, 0.1) is 13.2 Å². The topological polar surface area (TPSA) is 9.23 Å². The van der Waals surface area contributed by atoms with Crippen molar-refractivity contribution in [3.05, 3.63) is 31.0 Å². The van der Waals surface area contributed by atoms with Gasteiger partial charge in [0.15, 0.2) is 0 Å². The molecule has 44 valence electrons. The summed E-state index contributed by atoms with van der Waals surface area (Å²) in [6.07, 6.45) is 3.43. The van der Waals surface area contributed by atoms with Gasteiger partial charge in [0, 0.05) is 0 Å². The van der Waals surface area contributed by atoms with Crippen LogP contribution in [0.3, 0.4) is 0 Å². The second-order valence-corrected chi connectivity index (χ2v) is 1.23. The van der Waals surface area contributed by atoms with E-state index >= 15 is 0 Å². The van der Waals surface area contributed by atoms with E-state index in [4.69, 9.17) is 4.74 Å². The maximum atomic E-state index is 4.95. The Kier molecular flexibility index (Phi) is 5.61. The van der Waals surface area contributed by atoms with Gasteiger partial charge in [0.25, 0.3) is 0 Å². The van der Waals surface area contributed by atoms with Gasteiger partial charge in [-0.2, -0.15) is 0 Å². The predicted molar refractivity (Wildman–Crippen MR) is 34.7 cm³/mol. The minimum absolute atomic E-state index is 0.579. The molecule has 0 spiro atoms. The fourth-order valence-corrected chi connectivity index (χ4v) is 0.269. The molecule has 0 amide bonds. The van der Waals surface area contributed by atoms with Crippen LogP contribution in [0.5, 0.6) is 0 Å². The van der Waals surface area contributed by atoms with Crippen molar-refractivity contribution in [3.8, 4) is 0 Å². The normalized spacial score (nSPS) is 7.50. The first-order valence-corrected chi connectivity index (χ1v) is 2.44. The van der Waals surface area contributed by atoms with Crippen molar-refractivity contribution >= 4 is 0 Å². The summed E-state index contributed by atoms with van der Waals surface area (Å²) in [6, 6.07) is 0. The van der Waals surface area contributed by atoms with Crippen LogP contribution < -0.4 is 0 Å². The van der Waals surface area contributed by atoms with Gasteiger partial charge in [-0.05, 0) is 6.08 Å². The van der Waals surface area contributed by atoms with Crippen LogP contribution in [0.15, 0.2) is 31.0 Å². The molecule has 0 atom stereocenters. The van der Waals surface area contributed by atoms with Gasteiger partial charge in [0.2, 0.25) is 0 Å². The lowest BCUT2D eigenvalue weighted by atomic mass is 10.6. The number of rotatable bonds is 4. The summed E-state index contributed by atoms with van der Waals surface area (Å²) in [7, 11) is 0. The zero-order valence-corrected chi connectivity index (χ0v) is 4.89. The highest BCUT2D eigenvalue weighted by atomic mass is 16.5. The molecule has 0 aromatic rings. The Balaban J connectivity index is 2.93. The van der Waals surface area contributed by atoms with Gasteiger partial charge < -0.3 is 4.74 Å². The maximum absolute atomic E-state index is 4.95. The smallest absolute Gasteiger partial charge is 0.0725 e. The van der Waals surface area contributed by atoms with E-state index in [1.807, 2.05) is 0 Å². The second-order valence-electron chi connectivity index (χ2n) is 1.23. The lowest BCUT2D eigenvalue weighted by Gasteiger charge is -1.89. The predicted octanol–water partition coefficient (Wildman–Crippen LogP) is 1.53. The van der Waals surface area contributed by atoms with Crippen LogP contribution in [-0.4, -0.2) is 13.2 Å². The Labute approximate surface area is 50.0 Å². The van der Waals surface area contributed by atoms with Crippen molar-refractivity contribution < 1.29 is 4.74 Å². The fraction of sp³-hybridized carbons (Fsp3) is 0.286. The van der Waals surface area contributed by atoms with E-state index in [2.05, 4.69) is 18.9 Å². The monoisotopic (exact) mass is 110 g/mol. The minimum Gasteiger partial charge on any atom is -0.373 e. The Bertz CT molecular complexity index is 99.0. The molecule has 0 aliphatic carbocycles. The fourth-order valence-electron chi connectivity index (χ4n) is 0.269. The zero-order chi connectivity index (χ0) is 6.24. The molecule has 0 unspecified atom stereocenters. The van der Waals surface area contributed by atoms with E-state index in [1.165, 1.54) is 0 Å². The Morgan fingerprint density at radius 1 is 1.50 bits per heavy atom. The van der Waals surface area contributed by atoms with Crippen molar-refractivity contribution in [2.24, 2.45) is 0 Å². The van der Waals surface area contributed by atoms with E-state index < -0.39 is 0 Å². The van der Waals surface area contributed by atoms with E-state index in [-0.39, 0.29) is 0 Å². The lowest BCUT2D eigenvalue weighted by molar-refractivity contribution is 0.194. The van der Waals surface area contributed by atoms with Crippen LogP contribution >= 0.6 is 0 Å². The molecule has 0 aromatic carbocycles. The number of hydrogen-bond acceptors (Lipinski definition) is 1. The van der Waals surface area contributed by atoms with Crippen molar-refractivity contribution in [1.29, 1.82) is 0 Å². The van der Waals surface area contributed by atoms with Gasteiger partial charge in [-0.15, -0.1) is 12.3 Å². The van der Waals surface area contributed by atoms with Gasteiger partial charge in [-0.1, -0.05) is 12.7 Å². The molecular formula is C7H10O. The molecule has 0 aliphatic heterocycles. The summed E-state index contributed by atoms with van der Waals surface area (Å²) in [5.41, 5.74) is 2.59. The van der Waals surface area contributed by atoms with E-state index in [0.717, 1.165) is 0 Å². The first-order chi connectivity index (χ1) is 3.91. The van der Waals surface area contributed by atoms with Crippen molar-refractivity contribution in [2.75, 3.05) is 13.2 Å². The molecule has 0 aromatic heterocycles. The molecule has 0 heterocycles. The molecule has 0 N–H and O–H groups in total. The summed E-state index contributed by atoms with van der Waals surface area (Å²) in [5, 5.41) is 0. The third-order valence-electron chi connectivity index (χ3n) is 0.581. The molecule has 0 rings (SSSR count). The second kappa shape index (κ2) is 6.22. The molecule has 0 saturated heterocycles. The quantitative estimate of drug-likeness (QED) is 0.303. The Hall–Kier alpha value is -0.780. The van der Waals surface area contributed by atoms with Gasteiger partial charge in [0.1, 0.15) is 0 Å². The summed E-state index contributed by atoms with van der Waals surface area (Å²) >= 11 is 0. The molecular weight excluding hydrogens is 100 g/mol.